The third-order valence-corrected chi connectivity index (χ3v) is 3.98. The molecule has 2 aromatic rings. The Morgan fingerprint density at radius 2 is 1.83 bits per heavy atom. The number of thioether (sulfide) groups is 1. The molecular weight excluding hydrogens is 245 g/mol. The Morgan fingerprint density at radius 3 is 2.50 bits per heavy atom. The molecule has 0 amide bonds. The molecule has 0 aromatic heterocycles. The van der Waals surface area contributed by atoms with Crippen LogP contribution in [0.5, 0.6) is 0 Å². The molecule has 0 spiro atoms. The van der Waals surface area contributed by atoms with Gasteiger partial charge in [0.25, 0.3) is 0 Å². The van der Waals surface area contributed by atoms with E-state index in [-0.39, 0.29) is 5.82 Å². The van der Waals surface area contributed by atoms with E-state index in [1.807, 2.05) is 32.0 Å². The predicted octanol–water partition coefficient (Wildman–Crippen LogP) is 4.32. The molecule has 0 aliphatic carbocycles. The first-order valence-corrected chi connectivity index (χ1v) is 6.79. The van der Waals surface area contributed by atoms with Crippen LogP contribution in [0.2, 0.25) is 0 Å². The molecule has 2 aromatic carbocycles. The summed E-state index contributed by atoms with van der Waals surface area (Å²) in [6, 6.07) is 11.0. The van der Waals surface area contributed by atoms with Crippen molar-refractivity contribution in [1.29, 1.82) is 0 Å². The van der Waals surface area contributed by atoms with E-state index in [0.29, 0.717) is 0 Å². The Hall–Kier alpha value is -1.48. The lowest BCUT2D eigenvalue weighted by Crippen LogP contribution is -1.90. The smallest absolute Gasteiger partial charge is 0.123 e. The second-order valence-electron chi connectivity index (χ2n) is 4.38. The first-order chi connectivity index (χ1) is 8.56. The molecule has 0 aliphatic heterocycles. The van der Waals surface area contributed by atoms with Crippen LogP contribution >= 0.6 is 11.8 Å². The summed E-state index contributed by atoms with van der Waals surface area (Å²) < 4.78 is 13.0. The van der Waals surface area contributed by atoms with Gasteiger partial charge in [0.15, 0.2) is 0 Å². The van der Waals surface area contributed by atoms with Gasteiger partial charge in [-0.15, -0.1) is 11.8 Å². The molecule has 0 bridgehead atoms. The minimum Gasteiger partial charge on any atom is -0.399 e. The van der Waals surface area contributed by atoms with Crippen LogP contribution in [0.4, 0.5) is 10.1 Å². The van der Waals surface area contributed by atoms with E-state index in [0.717, 1.165) is 28.1 Å². The van der Waals surface area contributed by atoms with E-state index < -0.39 is 0 Å². The molecule has 0 unspecified atom stereocenters. The molecule has 0 aliphatic rings. The molecule has 0 saturated carbocycles. The zero-order chi connectivity index (χ0) is 13.1. The molecule has 18 heavy (non-hydrogen) atoms. The summed E-state index contributed by atoms with van der Waals surface area (Å²) in [5, 5.41) is 0. The molecule has 0 saturated heterocycles. The number of anilines is 1. The molecule has 1 nitrogen and oxygen atoms in total. The van der Waals surface area contributed by atoms with Crippen molar-refractivity contribution >= 4 is 17.4 Å². The summed E-state index contributed by atoms with van der Waals surface area (Å²) in [7, 11) is 0. The summed E-state index contributed by atoms with van der Waals surface area (Å²) in [5.41, 5.74) is 9.85. The highest BCUT2D eigenvalue weighted by Crippen LogP contribution is 2.27. The van der Waals surface area contributed by atoms with Gasteiger partial charge in [-0.2, -0.15) is 0 Å². The monoisotopic (exact) mass is 261 g/mol. The lowest BCUT2D eigenvalue weighted by molar-refractivity contribution is 0.626. The third-order valence-electron chi connectivity index (χ3n) is 2.94. The van der Waals surface area contributed by atoms with Gasteiger partial charge in [-0.3, -0.25) is 0 Å². The molecular formula is C15H16FNS. The Labute approximate surface area is 111 Å². The summed E-state index contributed by atoms with van der Waals surface area (Å²) in [4.78, 5) is 1.19. The van der Waals surface area contributed by atoms with Gasteiger partial charge in [0.2, 0.25) is 0 Å². The normalized spacial score (nSPS) is 10.6. The summed E-state index contributed by atoms with van der Waals surface area (Å²) in [6.45, 7) is 3.94. The van der Waals surface area contributed by atoms with Crippen LogP contribution in [0.25, 0.3) is 0 Å². The number of hydrogen-bond donors (Lipinski definition) is 1. The summed E-state index contributed by atoms with van der Waals surface area (Å²) in [5.74, 6) is 0.666. The van der Waals surface area contributed by atoms with Gasteiger partial charge in [-0.1, -0.05) is 6.07 Å². The minimum absolute atomic E-state index is 0.176. The molecule has 0 radical (unpaired) electrons. The fourth-order valence-electron chi connectivity index (χ4n) is 1.72. The van der Waals surface area contributed by atoms with Gasteiger partial charge in [-0.25, -0.2) is 4.39 Å². The predicted molar refractivity (Wildman–Crippen MR) is 76.3 cm³/mol. The Balaban J connectivity index is 2.09. The first kappa shape index (κ1) is 13.0. The summed E-state index contributed by atoms with van der Waals surface area (Å²) in [6.07, 6.45) is 0. The molecule has 2 rings (SSSR count). The lowest BCUT2D eigenvalue weighted by Gasteiger charge is -2.07. The topological polar surface area (TPSA) is 26.0 Å². The van der Waals surface area contributed by atoms with E-state index in [9.17, 15) is 4.39 Å². The van der Waals surface area contributed by atoms with Crippen molar-refractivity contribution in [3.63, 3.8) is 0 Å². The van der Waals surface area contributed by atoms with Crippen molar-refractivity contribution in [3.05, 3.63) is 58.9 Å². The Morgan fingerprint density at radius 1 is 1.06 bits per heavy atom. The Bertz CT molecular complexity index is 566. The second kappa shape index (κ2) is 5.44. The van der Waals surface area contributed by atoms with E-state index in [2.05, 4.69) is 6.07 Å². The van der Waals surface area contributed by atoms with Gasteiger partial charge < -0.3 is 5.73 Å². The van der Waals surface area contributed by atoms with Crippen LogP contribution in [-0.4, -0.2) is 0 Å². The summed E-state index contributed by atoms with van der Waals surface area (Å²) >= 11 is 1.74. The van der Waals surface area contributed by atoms with Crippen LogP contribution < -0.4 is 5.73 Å². The highest BCUT2D eigenvalue weighted by atomic mass is 32.2. The maximum absolute atomic E-state index is 13.0. The van der Waals surface area contributed by atoms with E-state index in [1.54, 1.807) is 17.8 Å². The SMILES string of the molecule is Cc1cc(SCc2ccc(F)cc2C)ccc1N. The van der Waals surface area contributed by atoms with E-state index in [1.165, 1.54) is 11.0 Å². The Kier molecular flexibility index (Phi) is 3.92. The maximum Gasteiger partial charge on any atom is 0.123 e. The van der Waals surface area contributed by atoms with Crippen LogP contribution in [0.3, 0.4) is 0 Å². The number of nitrogen functional groups attached to an aromatic ring is 1. The van der Waals surface area contributed by atoms with Crippen molar-refractivity contribution in [2.24, 2.45) is 0 Å². The number of aryl methyl sites for hydroxylation is 2. The minimum atomic E-state index is -0.176. The van der Waals surface area contributed by atoms with Crippen LogP contribution in [0.15, 0.2) is 41.3 Å². The van der Waals surface area contributed by atoms with Crippen LogP contribution in [0.1, 0.15) is 16.7 Å². The molecule has 94 valence electrons. The molecule has 3 heteroatoms. The molecule has 2 N–H and O–H groups in total. The third kappa shape index (κ3) is 3.05. The quantitative estimate of drug-likeness (QED) is 0.658. The molecule has 0 heterocycles. The largest absolute Gasteiger partial charge is 0.399 e. The van der Waals surface area contributed by atoms with Crippen LogP contribution in [-0.2, 0) is 5.75 Å². The second-order valence-corrected chi connectivity index (χ2v) is 5.43. The number of nitrogens with two attached hydrogens (primary N) is 1. The fourth-order valence-corrected chi connectivity index (χ4v) is 2.79. The number of benzene rings is 2. The van der Waals surface area contributed by atoms with E-state index >= 15 is 0 Å². The van der Waals surface area contributed by atoms with Gasteiger partial charge in [-0.05, 0) is 60.9 Å². The van der Waals surface area contributed by atoms with Crippen molar-refractivity contribution < 1.29 is 4.39 Å². The van der Waals surface area contributed by atoms with Crippen LogP contribution in [0, 0.1) is 19.7 Å². The highest BCUT2D eigenvalue weighted by molar-refractivity contribution is 7.98. The lowest BCUT2D eigenvalue weighted by atomic mass is 10.1. The average Bonchev–Trinajstić information content (AvgIpc) is 2.32. The average molecular weight is 261 g/mol. The number of halogens is 1. The standard InChI is InChI=1S/C15H16FNS/c1-10-7-13(16)4-3-12(10)9-18-14-5-6-15(17)11(2)8-14/h3-8H,9,17H2,1-2H3. The fraction of sp³-hybridized carbons (Fsp3) is 0.200. The number of rotatable bonds is 3. The zero-order valence-corrected chi connectivity index (χ0v) is 11.4. The maximum atomic E-state index is 13.0. The zero-order valence-electron chi connectivity index (χ0n) is 10.5. The van der Waals surface area contributed by atoms with E-state index in [4.69, 9.17) is 5.73 Å². The molecule has 0 atom stereocenters. The highest BCUT2D eigenvalue weighted by Gasteiger charge is 2.02. The van der Waals surface area contributed by atoms with Gasteiger partial charge in [0.1, 0.15) is 5.82 Å². The van der Waals surface area contributed by atoms with Gasteiger partial charge >= 0.3 is 0 Å². The van der Waals surface area contributed by atoms with Crippen molar-refractivity contribution in [2.75, 3.05) is 5.73 Å². The van der Waals surface area contributed by atoms with Crippen molar-refractivity contribution in [3.8, 4) is 0 Å². The first-order valence-electron chi connectivity index (χ1n) is 5.80. The molecule has 0 fully saturated rings. The van der Waals surface area contributed by atoms with Crippen molar-refractivity contribution in [1.82, 2.24) is 0 Å². The number of hydrogen-bond acceptors (Lipinski definition) is 2. The van der Waals surface area contributed by atoms with Crippen molar-refractivity contribution in [2.45, 2.75) is 24.5 Å². The van der Waals surface area contributed by atoms with Gasteiger partial charge in [0.05, 0.1) is 0 Å². The van der Waals surface area contributed by atoms with Gasteiger partial charge in [0, 0.05) is 16.3 Å².